The predicted octanol–water partition coefficient (Wildman–Crippen LogP) is 4.04. The van der Waals surface area contributed by atoms with Crippen molar-refractivity contribution in [2.45, 2.75) is 11.7 Å². The van der Waals surface area contributed by atoms with Crippen LogP contribution in [-0.2, 0) is 11.3 Å². The highest BCUT2D eigenvalue weighted by atomic mass is 32.2. The van der Waals surface area contributed by atoms with Crippen molar-refractivity contribution in [3.05, 3.63) is 90.8 Å². The number of carbonyl (C=O) groups excluding carboxylic acids is 1. The van der Waals surface area contributed by atoms with E-state index in [0.29, 0.717) is 23.2 Å². The smallest absolute Gasteiger partial charge is 0.238 e. The maximum absolute atomic E-state index is 12.9. The summed E-state index contributed by atoms with van der Waals surface area (Å²) in [6, 6.07) is 25.1. The van der Waals surface area contributed by atoms with Crippen LogP contribution in [0.3, 0.4) is 0 Å². The van der Waals surface area contributed by atoms with Crippen molar-refractivity contribution in [3.63, 3.8) is 0 Å². The summed E-state index contributed by atoms with van der Waals surface area (Å²) in [6.07, 6.45) is 3.46. The molecule has 32 heavy (non-hydrogen) atoms. The van der Waals surface area contributed by atoms with Crippen molar-refractivity contribution in [1.82, 2.24) is 19.7 Å². The molecule has 2 aromatic carbocycles. The van der Waals surface area contributed by atoms with E-state index in [4.69, 9.17) is 0 Å². The first kappa shape index (κ1) is 21.3. The van der Waals surface area contributed by atoms with Crippen LogP contribution < -0.4 is 4.90 Å². The van der Waals surface area contributed by atoms with Crippen molar-refractivity contribution in [2.75, 3.05) is 17.2 Å². The Hall–Kier alpha value is -3.96. The van der Waals surface area contributed by atoms with Gasteiger partial charge in [-0.1, -0.05) is 60.3 Å². The fourth-order valence-electron chi connectivity index (χ4n) is 3.22. The van der Waals surface area contributed by atoms with Gasteiger partial charge in [-0.15, -0.1) is 10.2 Å². The first-order chi connectivity index (χ1) is 15.8. The summed E-state index contributed by atoms with van der Waals surface area (Å²) in [5.41, 5.74) is 2.65. The van der Waals surface area contributed by atoms with Crippen molar-refractivity contribution in [3.8, 4) is 17.5 Å². The molecule has 4 rings (SSSR count). The van der Waals surface area contributed by atoms with E-state index in [1.54, 1.807) is 12.4 Å². The number of hydrogen-bond donors (Lipinski definition) is 0. The van der Waals surface area contributed by atoms with Gasteiger partial charge in [0.2, 0.25) is 5.91 Å². The average Bonchev–Trinajstić information content (AvgIpc) is 3.25. The van der Waals surface area contributed by atoms with Crippen LogP contribution in [0.2, 0.25) is 0 Å². The molecular weight excluding hydrogens is 420 g/mol. The third-order valence-corrected chi connectivity index (χ3v) is 5.69. The molecule has 8 heteroatoms. The van der Waals surface area contributed by atoms with E-state index in [-0.39, 0.29) is 18.2 Å². The van der Waals surface area contributed by atoms with Gasteiger partial charge < -0.3 is 0 Å². The number of rotatable bonds is 8. The summed E-state index contributed by atoms with van der Waals surface area (Å²) in [5.74, 6) is 0.657. The van der Waals surface area contributed by atoms with E-state index in [1.807, 2.05) is 77.4 Å². The zero-order chi connectivity index (χ0) is 22.2. The van der Waals surface area contributed by atoms with E-state index in [2.05, 4.69) is 21.3 Å². The number of anilines is 1. The van der Waals surface area contributed by atoms with Crippen LogP contribution >= 0.6 is 11.8 Å². The number of nitriles is 1. The molecule has 1 amide bonds. The number of para-hydroxylation sites is 1. The minimum absolute atomic E-state index is 0.0128. The standard InChI is InChI=1S/C24H20N6OS/c25-13-15-29(21-11-5-2-6-12-21)22(31)18-32-24-28-27-23(20-10-7-14-26-16-20)30(24)17-19-8-3-1-4-9-19/h1-12,14,16H,15,17-18H2. The number of carbonyl (C=O) groups is 1. The van der Waals surface area contributed by atoms with E-state index in [0.717, 1.165) is 11.1 Å². The molecule has 0 aliphatic rings. The molecule has 0 N–H and O–H groups in total. The third-order valence-electron chi connectivity index (χ3n) is 4.74. The van der Waals surface area contributed by atoms with Crippen LogP contribution in [0.5, 0.6) is 0 Å². The fraction of sp³-hybridized carbons (Fsp3) is 0.125. The summed E-state index contributed by atoms with van der Waals surface area (Å²) in [4.78, 5) is 18.6. The van der Waals surface area contributed by atoms with Gasteiger partial charge in [-0.05, 0) is 29.8 Å². The minimum atomic E-state index is -0.167. The Morgan fingerprint density at radius 2 is 1.75 bits per heavy atom. The molecule has 2 aromatic heterocycles. The molecule has 0 fully saturated rings. The Bertz CT molecular complexity index is 1210. The Kier molecular flexibility index (Phi) is 6.90. The second-order valence-corrected chi connectivity index (χ2v) is 7.82. The lowest BCUT2D eigenvalue weighted by atomic mass is 10.2. The number of hydrogen-bond acceptors (Lipinski definition) is 6. The molecule has 0 spiro atoms. The maximum Gasteiger partial charge on any atom is 0.238 e. The van der Waals surface area contributed by atoms with Crippen LogP contribution in [0, 0.1) is 11.3 Å². The summed E-state index contributed by atoms with van der Waals surface area (Å²) in [7, 11) is 0. The van der Waals surface area contributed by atoms with Gasteiger partial charge in [0.1, 0.15) is 6.54 Å². The van der Waals surface area contributed by atoms with Crippen LogP contribution in [0.4, 0.5) is 5.69 Å². The van der Waals surface area contributed by atoms with E-state index >= 15 is 0 Å². The van der Waals surface area contributed by atoms with Crippen LogP contribution in [0.15, 0.2) is 90.3 Å². The summed E-state index contributed by atoms with van der Waals surface area (Å²) < 4.78 is 1.99. The quantitative estimate of drug-likeness (QED) is 0.304. The van der Waals surface area contributed by atoms with E-state index in [1.165, 1.54) is 16.7 Å². The highest BCUT2D eigenvalue weighted by Crippen LogP contribution is 2.25. The summed E-state index contributed by atoms with van der Waals surface area (Å²) in [5, 5.41) is 18.5. The lowest BCUT2D eigenvalue weighted by Crippen LogP contribution is -2.32. The molecule has 7 nitrogen and oxygen atoms in total. The second kappa shape index (κ2) is 10.4. The van der Waals surface area contributed by atoms with Crippen LogP contribution in [0.1, 0.15) is 5.56 Å². The van der Waals surface area contributed by atoms with Crippen LogP contribution in [-0.4, -0.2) is 38.0 Å². The number of thioether (sulfide) groups is 1. The van der Waals surface area contributed by atoms with Crippen LogP contribution in [0.25, 0.3) is 11.4 Å². The SMILES string of the molecule is N#CCN(C(=O)CSc1nnc(-c2cccnc2)n1Cc1ccccc1)c1ccccc1. The topological polar surface area (TPSA) is 87.7 Å². The van der Waals surface area contributed by atoms with Gasteiger partial charge in [-0.3, -0.25) is 19.2 Å². The Labute approximate surface area is 190 Å². The Balaban J connectivity index is 1.58. The molecule has 0 bridgehead atoms. The molecule has 0 aliphatic carbocycles. The number of nitrogens with zero attached hydrogens (tertiary/aromatic N) is 6. The molecule has 0 unspecified atom stereocenters. The molecule has 0 aliphatic heterocycles. The molecule has 0 saturated heterocycles. The highest BCUT2D eigenvalue weighted by molar-refractivity contribution is 7.99. The normalized spacial score (nSPS) is 10.5. The molecule has 0 atom stereocenters. The summed E-state index contributed by atoms with van der Waals surface area (Å²) in [6.45, 7) is 0.552. The van der Waals surface area contributed by atoms with Gasteiger partial charge in [-0.25, -0.2) is 0 Å². The molecular formula is C24H20N6OS. The monoisotopic (exact) mass is 440 g/mol. The predicted molar refractivity (Wildman–Crippen MR) is 124 cm³/mol. The van der Waals surface area contributed by atoms with E-state index in [9.17, 15) is 10.1 Å². The van der Waals surface area contributed by atoms with Gasteiger partial charge in [0.25, 0.3) is 0 Å². The van der Waals surface area contributed by atoms with Gasteiger partial charge in [-0.2, -0.15) is 5.26 Å². The third kappa shape index (κ3) is 5.02. The molecule has 4 aromatic rings. The summed E-state index contributed by atoms with van der Waals surface area (Å²) >= 11 is 1.31. The molecule has 0 saturated carbocycles. The number of benzene rings is 2. The van der Waals surface area contributed by atoms with E-state index < -0.39 is 0 Å². The number of amides is 1. The van der Waals surface area contributed by atoms with Crippen molar-refractivity contribution >= 4 is 23.4 Å². The lowest BCUT2D eigenvalue weighted by Gasteiger charge is -2.19. The lowest BCUT2D eigenvalue weighted by molar-refractivity contribution is -0.116. The van der Waals surface area contributed by atoms with Gasteiger partial charge in [0, 0.05) is 23.6 Å². The molecule has 0 radical (unpaired) electrons. The molecule has 158 valence electrons. The zero-order valence-electron chi connectivity index (χ0n) is 17.2. The minimum Gasteiger partial charge on any atom is -0.298 e. The molecule has 2 heterocycles. The highest BCUT2D eigenvalue weighted by Gasteiger charge is 2.19. The van der Waals surface area contributed by atoms with Gasteiger partial charge in [0.05, 0.1) is 18.4 Å². The second-order valence-electron chi connectivity index (χ2n) is 6.88. The first-order valence-electron chi connectivity index (χ1n) is 9.99. The zero-order valence-corrected chi connectivity index (χ0v) is 18.0. The first-order valence-corrected chi connectivity index (χ1v) is 11.0. The van der Waals surface area contributed by atoms with Gasteiger partial charge in [0.15, 0.2) is 11.0 Å². The van der Waals surface area contributed by atoms with Crippen molar-refractivity contribution < 1.29 is 4.79 Å². The largest absolute Gasteiger partial charge is 0.298 e. The van der Waals surface area contributed by atoms with Crippen molar-refractivity contribution in [1.29, 1.82) is 5.26 Å². The number of pyridine rings is 1. The maximum atomic E-state index is 12.9. The van der Waals surface area contributed by atoms with Gasteiger partial charge >= 0.3 is 0 Å². The number of aromatic nitrogens is 4. The van der Waals surface area contributed by atoms with Crippen molar-refractivity contribution in [2.24, 2.45) is 0 Å². The Morgan fingerprint density at radius 3 is 2.44 bits per heavy atom. The average molecular weight is 441 g/mol. The fourth-order valence-corrected chi connectivity index (χ4v) is 4.03. The Morgan fingerprint density at radius 1 is 1.00 bits per heavy atom.